The van der Waals surface area contributed by atoms with E-state index in [0.717, 1.165) is 6.42 Å². The maximum absolute atomic E-state index is 9.64. The van der Waals surface area contributed by atoms with Gasteiger partial charge in [0.25, 0.3) is 0 Å². The molecule has 0 N–H and O–H groups in total. The Morgan fingerprint density at radius 3 is 2.38 bits per heavy atom. The second kappa shape index (κ2) is 1.93. The maximum Gasteiger partial charge on any atom is 0.550 e. The van der Waals surface area contributed by atoms with E-state index in [0.29, 0.717) is 0 Å². The van der Waals surface area contributed by atoms with Gasteiger partial charge in [0, 0.05) is 6.42 Å². The molecule has 1 rings (SSSR count). The smallest absolute Gasteiger partial charge is 0.427 e. The van der Waals surface area contributed by atoms with E-state index in [1.807, 2.05) is 0 Å². The van der Waals surface area contributed by atoms with E-state index < -0.39 is 6.16 Å². The van der Waals surface area contributed by atoms with Gasteiger partial charge in [-0.15, -0.1) is 0 Å². The van der Waals surface area contributed by atoms with Crippen LogP contribution in [0.1, 0.15) is 6.42 Å². The van der Waals surface area contributed by atoms with Gasteiger partial charge in [-0.05, 0) is 0 Å². The number of hydrogen-bond acceptors (Lipinski definition) is 2. The van der Waals surface area contributed by atoms with Crippen molar-refractivity contribution in [1.29, 1.82) is 0 Å². The zero-order valence-electron chi connectivity index (χ0n) is 3.96. The van der Waals surface area contributed by atoms with E-state index in [-0.39, 0.29) is 10.9 Å². The minimum absolute atomic E-state index is 0.153. The fourth-order valence-corrected chi connectivity index (χ4v) is 0.865. The van der Waals surface area contributed by atoms with Gasteiger partial charge in [0.1, 0.15) is 6.10 Å². The third kappa shape index (κ3) is 1.36. The van der Waals surface area contributed by atoms with Gasteiger partial charge in [-0.1, -0.05) is 15.9 Å². The Kier molecular flexibility index (Phi) is 1.42. The van der Waals surface area contributed by atoms with E-state index >= 15 is 0 Å². The molecule has 0 aromatic carbocycles. The van der Waals surface area contributed by atoms with Crippen molar-refractivity contribution in [3.05, 3.63) is 0 Å². The Morgan fingerprint density at radius 1 is 1.75 bits per heavy atom. The lowest BCUT2D eigenvalue weighted by atomic mass is 10.8. The summed E-state index contributed by atoms with van der Waals surface area (Å²) < 4.78 is 4.23. The first-order chi connectivity index (χ1) is 3.70. The quantitative estimate of drug-likeness (QED) is 0.447. The highest BCUT2D eigenvalue weighted by atomic mass is 79.9. The highest BCUT2D eigenvalue weighted by molar-refractivity contribution is 9.09. The minimum Gasteiger partial charge on any atom is -0.427 e. The molecule has 1 aliphatic rings. The predicted octanol–water partition coefficient (Wildman–Crippen LogP) is 1.09. The van der Waals surface area contributed by atoms with Gasteiger partial charge < -0.3 is 4.74 Å². The molecule has 0 saturated heterocycles. The van der Waals surface area contributed by atoms with Crippen LogP contribution in [-0.2, 0) is 9.84 Å². The van der Waals surface area contributed by atoms with Gasteiger partial charge in [-0.25, -0.2) is 0 Å². The van der Waals surface area contributed by atoms with Crippen molar-refractivity contribution >= 4 is 22.1 Å². The molecule has 0 aromatic heterocycles. The second-order valence-corrected chi connectivity index (χ2v) is 2.83. The van der Waals surface area contributed by atoms with Gasteiger partial charge in [-0.2, -0.15) is 9.90 Å². The topological polar surface area (TPSA) is 46.2 Å². The average Bonchev–Trinajstić information content (AvgIpc) is 2.17. The first-order valence-corrected chi connectivity index (χ1v) is 3.13. The van der Waals surface area contributed by atoms with E-state index in [1.54, 1.807) is 0 Å². The number of halogens is 1. The molecule has 0 amide bonds. The third-order valence-corrected chi connectivity index (χ3v) is 1.87. The van der Waals surface area contributed by atoms with Crippen molar-refractivity contribution in [2.45, 2.75) is 17.4 Å². The van der Waals surface area contributed by atoms with Crippen molar-refractivity contribution in [3.63, 3.8) is 0 Å². The van der Waals surface area contributed by atoms with Crippen LogP contribution in [0.25, 0.3) is 0 Å². The number of ether oxygens (including phenoxy) is 1. The summed E-state index contributed by atoms with van der Waals surface area (Å²) in [5.74, 6) is 0. The van der Waals surface area contributed by atoms with Crippen molar-refractivity contribution in [2.24, 2.45) is 0 Å². The fraction of sp³-hybridized carbons (Fsp3) is 0.750. The number of rotatable bonds is 1. The first kappa shape index (κ1) is 5.88. The summed E-state index contributed by atoms with van der Waals surface area (Å²) in [6.07, 6.45) is -0.814. The Hall–Kier alpha value is -0.250. The molecular weight excluding hydrogens is 176 g/mol. The average molecular weight is 180 g/mol. The summed E-state index contributed by atoms with van der Waals surface area (Å²) in [5.41, 5.74) is 0. The molecule has 1 saturated carbocycles. The SMILES string of the molecule is [O]C(=O)OC1CC1Br. The van der Waals surface area contributed by atoms with E-state index in [4.69, 9.17) is 0 Å². The zero-order valence-corrected chi connectivity index (χ0v) is 5.55. The van der Waals surface area contributed by atoms with Crippen molar-refractivity contribution in [2.75, 3.05) is 0 Å². The van der Waals surface area contributed by atoms with E-state index in [1.165, 1.54) is 0 Å². The molecule has 0 aromatic rings. The van der Waals surface area contributed by atoms with Gasteiger partial charge in [-0.3, -0.25) is 0 Å². The lowest BCUT2D eigenvalue weighted by Gasteiger charge is -1.89. The molecule has 0 spiro atoms. The zero-order chi connectivity index (χ0) is 6.15. The van der Waals surface area contributed by atoms with Crippen LogP contribution in [0.2, 0.25) is 0 Å². The minimum atomic E-state index is -1.43. The molecule has 1 radical (unpaired) electrons. The van der Waals surface area contributed by atoms with Crippen LogP contribution in [0, 0.1) is 0 Å². The molecule has 2 atom stereocenters. The molecule has 0 bridgehead atoms. The number of carbonyl (C=O) groups is 1. The largest absolute Gasteiger partial charge is 0.550 e. The maximum atomic E-state index is 9.64. The molecule has 0 heterocycles. The van der Waals surface area contributed by atoms with Crippen LogP contribution >= 0.6 is 15.9 Å². The molecule has 2 unspecified atom stereocenters. The summed E-state index contributed by atoms with van der Waals surface area (Å²) >= 11 is 3.16. The van der Waals surface area contributed by atoms with Crippen LogP contribution in [-0.4, -0.2) is 17.1 Å². The van der Waals surface area contributed by atoms with Crippen molar-refractivity contribution in [3.8, 4) is 0 Å². The molecule has 1 fully saturated rings. The molecule has 4 heteroatoms. The first-order valence-electron chi connectivity index (χ1n) is 2.22. The molecule has 8 heavy (non-hydrogen) atoms. The van der Waals surface area contributed by atoms with Crippen LogP contribution < -0.4 is 0 Å². The third-order valence-electron chi connectivity index (χ3n) is 0.905. The summed E-state index contributed by atoms with van der Waals surface area (Å²) in [7, 11) is 0. The van der Waals surface area contributed by atoms with Crippen molar-refractivity contribution in [1.82, 2.24) is 0 Å². The predicted molar refractivity (Wildman–Crippen MR) is 28.3 cm³/mol. The Balaban J connectivity index is 2.14. The molecular formula is C4H4BrO3. The highest BCUT2D eigenvalue weighted by Gasteiger charge is 2.38. The van der Waals surface area contributed by atoms with Crippen LogP contribution in [0.15, 0.2) is 0 Å². The van der Waals surface area contributed by atoms with Crippen LogP contribution in [0.4, 0.5) is 4.79 Å². The molecule has 45 valence electrons. The highest BCUT2D eigenvalue weighted by Crippen LogP contribution is 2.32. The Labute approximate surface area is 54.8 Å². The van der Waals surface area contributed by atoms with E-state index in [9.17, 15) is 9.90 Å². The lowest BCUT2D eigenvalue weighted by molar-refractivity contribution is 0.0623. The normalized spacial score (nSPS) is 34.1. The van der Waals surface area contributed by atoms with E-state index in [2.05, 4.69) is 20.7 Å². The summed E-state index contributed by atoms with van der Waals surface area (Å²) in [4.78, 5) is 9.86. The fourth-order valence-electron chi connectivity index (χ4n) is 0.389. The lowest BCUT2D eigenvalue weighted by Crippen LogP contribution is -2.01. The molecule has 0 aliphatic heterocycles. The summed E-state index contributed by atoms with van der Waals surface area (Å²) in [6, 6.07) is 0. The van der Waals surface area contributed by atoms with Gasteiger partial charge >= 0.3 is 6.16 Å². The Bertz CT molecular complexity index is 114. The number of alkyl halides is 1. The second-order valence-electron chi connectivity index (χ2n) is 1.66. The molecule has 1 aliphatic carbocycles. The monoisotopic (exact) mass is 179 g/mol. The van der Waals surface area contributed by atoms with Gasteiger partial charge in [0.2, 0.25) is 0 Å². The standard InChI is InChI=1S/C4H4BrO3/c5-2-1-3(2)8-4(6)7/h2-3H,1H2. The number of carbonyl (C=O) groups excluding carboxylic acids is 1. The molecule has 3 nitrogen and oxygen atoms in total. The Morgan fingerprint density at radius 2 is 2.25 bits per heavy atom. The van der Waals surface area contributed by atoms with Crippen LogP contribution in [0.3, 0.4) is 0 Å². The number of hydrogen-bond donors (Lipinski definition) is 0. The summed E-state index contributed by atoms with van der Waals surface area (Å²) in [6.45, 7) is 0. The van der Waals surface area contributed by atoms with Crippen molar-refractivity contribution < 1.29 is 14.6 Å². The van der Waals surface area contributed by atoms with Crippen LogP contribution in [0.5, 0.6) is 0 Å². The van der Waals surface area contributed by atoms with Gasteiger partial charge in [0.05, 0.1) is 4.83 Å². The van der Waals surface area contributed by atoms with Gasteiger partial charge in [0.15, 0.2) is 0 Å². The summed E-state index contributed by atoms with van der Waals surface area (Å²) in [5, 5.41) is 9.64.